The maximum Gasteiger partial charge on any atom is 0.251 e. The van der Waals surface area contributed by atoms with Gasteiger partial charge in [0, 0.05) is 29.0 Å². The van der Waals surface area contributed by atoms with E-state index in [4.69, 9.17) is 4.74 Å². The summed E-state index contributed by atoms with van der Waals surface area (Å²) in [6.45, 7) is 2.26. The normalized spacial score (nSPS) is 12.2. The predicted octanol–water partition coefficient (Wildman–Crippen LogP) is 4.19. The second kappa shape index (κ2) is 9.86. The fraction of sp³-hybridized carbons (Fsp3) is 0.182. The van der Waals surface area contributed by atoms with Gasteiger partial charge in [-0.05, 0) is 61.0 Å². The minimum atomic E-state index is -3.79. The number of benzene rings is 2. The summed E-state index contributed by atoms with van der Waals surface area (Å²) < 4.78 is 32.9. The number of pyridine rings is 1. The number of nitrogens with zero attached hydrogens (tertiary/aromatic N) is 1. The molecule has 3 rings (SSSR count). The van der Waals surface area contributed by atoms with Gasteiger partial charge in [0.1, 0.15) is 11.0 Å². The van der Waals surface area contributed by atoms with Gasteiger partial charge in [-0.2, -0.15) is 0 Å². The first-order valence-corrected chi connectivity index (χ1v) is 11.7. The zero-order valence-electron chi connectivity index (χ0n) is 16.3. The van der Waals surface area contributed by atoms with Crippen LogP contribution < -0.4 is 10.1 Å². The van der Waals surface area contributed by atoms with Gasteiger partial charge in [0.25, 0.3) is 5.91 Å². The Morgan fingerprint density at radius 1 is 1.13 bits per heavy atom. The zero-order valence-corrected chi connectivity index (χ0v) is 18.7. The summed E-state index contributed by atoms with van der Waals surface area (Å²) in [6.07, 6.45) is 3.08. The number of rotatable bonds is 8. The van der Waals surface area contributed by atoms with Crippen molar-refractivity contribution in [2.45, 2.75) is 17.1 Å². The predicted molar refractivity (Wildman–Crippen MR) is 118 cm³/mol. The van der Waals surface area contributed by atoms with Crippen molar-refractivity contribution >= 4 is 31.7 Å². The third-order valence-corrected chi connectivity index (χ3v) is 7.04. The van der Waals surface area contributed by atoms with E-state index in [2.05, 4.69) is 26.2 Å². The molecule has 8 heteroatoms. The van der Waals surface area contributed by atoms with Crippen molar-refractivity contribution < 1.29 is 17.9 Å². The van der Waals surface area contributed by atoms with Gasteiger partial charge in [-0.1, -0.05) is 28.1 Å². The SMILES string of the molecule is CCOc1ccc(S(=O)(=O)C(CNC(=O)c2cccc(Br)c2)c2cccnc2)cc1. The lowest BCUT2D eigenvalue weighted by Crippen LogP contribution is -2.32. The van der Waals surface area contributed by atoms with Crippen LogP contribution in [-0.4, -0.2) is 32.5 Å². The molecule has 0 radical (unpaired) electrons. The lowest BCUT2D eigenvalue weighted by molar-refractivity contribution is 0.0953. The molecule has 30 heavy (non-hydrogen) atoms. The summed E-state index contributed by atoms with van der Waals surface area (Å²) in [6, 6.07) is 16.5. The second-order valence-corrected chi connectivity index (χ2v) is 9.49. The number of carbonyl (C=O) groups excluding carboxylic acids is 1. The first-order valence-electron chi connectivity index (χ1n) is 9.32. The molecule has 1 N–H and O–H groups in total. The van der Waals surface area contributed by atoms with Crippen LogP contribution in [0.15, 0.2) is 82.4 Å². The molecule has 6 nitrogen and oxygen atoms in total. The minimum absolute atomic E-state index is 0.0907. The molecule has 0 spiro atoms. The number of hydrogen-bond acceptors (Lipinski definition) is 5. The van der Waals surface area contributed by atoms with E-state index in [1.165, 1.54) is 18.3 Å². The molecule has 156 valence electrons. The molecule has 3 aromatic rings. The van der Waals surface area contributed by atoms with Crippen molar-refractivity contribution in [1.82, 2.24) is 10.3 Å². The lowest BCUT2D eigenvalue weighted by atomic mass is 10.2. The molecular weight excluding hydrogens is 468 g/mol. The van der Waals surface area contributed by atoms with Crippen molar-refractivity contribution in [3.05, 3.63) is 88.7 Å². The summed E-state index contributed by atoms with van der Waals surface area (Å²) in [5.74, 6) is 0.240. The van der Waals surface area contributed by atoms with Crippen molar-refractivity contribution in [3.63, 3.8) is 0 Å². The first-order chi connectivity index (χ1) is 14.4. The lowest BCUT2D eigenvalue weighted by Gasteiger charge is -2.19. The van der Waals surface area contributed by atoms with E-state index in [0.717, 1.165) is 4.47 Å². The molecule has 1 atom stereocenters. The summed E-state index contributed by atoms with van der Waals surface area (Å²) in [5.41, 5.74) is 0.939. The van der Waals surface area contributed by atoms with Gasteiger partial charge in [0.05, 0.1) is 11.5 Å². The van der Waals surface area contributed by atoms with Crippen LogP contribution in [0.5, 0.6) is 5.75 Å². The van der Waals surface area contributed by atoms with E-state index in [1.54, 1.807) is 48.7 Å². The van der Waals surface area contributed by atoms with Gasteiger partial charge in [-0.3, -0.25) is 9.78 Å². The Bertz CT molecular complexity index is 1100. The molecule has 0 fully saturated rings. The molecule has 0 bridgehead atoms. The van der Waals surface area contributed by atoms with E-state index >= 15 is 0 Å². The first kappa shape index (κ1) is 22.0. The van der Waals surface area contributed by atoms with Crippen LogP contribution in [0.25, 0.3) is 0 Å². The number of hydrogen-bond donors (Lipinski definition) is 1. The molecule has 1 heterocycles. The van der Waals surface area contributed by atoms with Crippen LogP contribution in [0.2, 0.25) is 0 Å². The summed E-state index contributed by atoms with van der Waals surface area (Å²) >= 11 is 3.33. The van der Waals surface area contributed by atoms with E-state index in [1.807, 2.05) is 13.0 Å². The molecule has 0 aliphatic rings. The van der Waals surface area contributed by atoms with Crippen LogP contribution in [0.1, 0.15) is 28.1 Å². The largest absolute Gasteiger partial charge is 0.494 e. The Labute approximate surface area is 184 Å². The van der Waals surface area contributed by atoms with Crippen LogP contribution in [0.4, 0.5) is 0 Å². The fourth-order valence-corrected chi connectivity index (χ4v) is 4.99. The van der Waals surface area contributed by atoms with E-state index in [0.29, 0.717) is 23.5 Å². The Morgan fingerprint density at radius 2 is 1.90 bits per heavy atom. The highest BCUT2D eigenvalue weighted by Gasteiger charge is 2.30. The highest BCUT2D eigenvalue weighted by atomic mass is 79.9. The quantitative estimate of drug-likeness (QED) is 0.513. The molecule has 2 aromatic carbocycles. The number of ether oxygens (including phenoxy) is 1. The molecule has 1 unspecified atom stereocenters. The Hall–Kier alpha value is -2.71. The molecule has 1 amide bonds. The van der Waals surface area contributed by atoms with Gasteiger partial charge < -0.3 is 10.1 Å². The Balaban J connectivity index is 1.88. The third kappa shape index (κ3) is 5.25. The van der Waals surface area contributed by atoms with Crippen LogP contribution in [0, 0.1) is 0 Å². The van der Waals surface area contributed by atoms with E-state index < -0.39 is 15.1 Å². The van der Waals surface area contributed by atoms with Gasteiger partial charge in [0.2, 0.25) is 0 Å². The van der Waals surface area contributed by atoms with E-state index in [-0.39, 0.29) is 17.3 Å². The zero-order chi connectivity index (χ0) is 21.6. The van der Waals surface area contributed by atoms with Gasteiger partial charge in [-0.25, -0.2) is 8.42 Å². The van der Waals surface area contributed by atoms with E-state index in [9.17, 15) is 13.2 Å². The average Bonchev–Trinajstić information content (AvgIpc) is 2.75. The number of nitrogens with one attached hydrogen (secondary N) is 1. The topological polar surface area (TPSA) is 85.4 Å². The average molecular weight is 489 g/mol. The van der Waals surface area contributed by atoms with Gasteiger partial charge in [-0.15, -0.1) is 0 Å². The molecular formula is C22H21BrN2O4S. The fourth-order valence-electron chi connectivity index (χ4n) is 2.95. The standard InChI is InChI=1S/C22H21BrN2O4S/c1-2-29-19-8-10-20(11-9-19)30(27,28)21(17-6-4-12-24-14-17)15-25-22(26)16-5-3-7-18(23)13-16/h3-14,21H,2,15H2,1H3,(H,25,26). The minimum Gasteiger partial charge on any atom is -0.494 e. The Morgan fingerprint density at radius 3 is 2.53 bits per heavy atom. The molecule has 0 aliphatic carbocycles. The number of amides is 1. The van der Waals surface area contributed by atoms with Crippen molar-refractivity contribution in [2.24, 2.45) is 0 Å². The van der Waals surface area contributed by atoms with Gasteiger partial charge >= 0.3 is 0 Å². The molecule has 0 aliphatic heterocycles. The highest BCUT2D eigenvalue weighted by molar-refractivity contribution is 9.10. The summed E-state index contributed by atoms with van der Waals surface area (Å²) in [5, 5.41) is 1.76. The number of halogens is 1. The highest BCUT2D eigenvalue weighted by Crippen LogP contribution is 2.29. The maximum absolute atomic E-state index is 13.4. The number of aromatic nitrogens is 1. The molecule has 0 saturated carbocycles. The second-order valence-electron chi connectivity index (χ2n) is 6.44. The number of sulfone groups is 1. The summed E-state index contributed by atoms with van der Waals surface area (Å²) in [4.78, 5) is 16.7. The van der Waals surface area contributed by atoms with Crippen molar-refractivity contribution in [3.8, 4) is 5.75 Å². The van der Waals surface area contributed by atoms with Crippen molar-refractivity contribution in [1.29, 1.82) is 0 Å². The molecule has 0 saturated heterocycles. The van der Waals surface area contributed by atoms with Gasteiger partial charge in [0.15, 0.2) is 9.84 Å². The molecule has 1 aromatic heterocycles. The smallest absolute Gasteiger partial charge is 0.251 e. The monoisotopic (exact) mass is 488 g/mol. The number of carbonyl (C=O) groups is 1. The maximum atomic E-state index is 13.4. The third-order valence-electron chi connectivity index (χ3n) is 4.43. The Kier molecular flexibility index (Phi) is 7.23. The van der Waals surface area contributed by atoms with Crippen LogP contribution in [-0.2, 0) is 9.84 Å². The van der Waals surface area contributed by atoms with Crippen LogP contribution >= 0.6 is 15.9 Å². The summed E-state index contributed by atoms with van der Waals surface area (Å²) in [7, 11) is -3.79. The van der Waals surface area contributed by atoms with Crippen molar-refractivity contribution in [2.75, 3.05) is 13.2 Å². The van der Waals surface area contributed by atoms with Crippen LogP contribution in [0.3, 0.4) is 0 Å².